The van der Waals surface area contributed by atoms with Crippen LogP contribution in [-0.4, -0.2) is 45.0 Å². The molecule has 3 N–H and O–H groups in total. The maximum absolute atomic E-state index is 12.6. The van der Waals surface area contributed by atoms with Crippen LogP contribution in [0.15, 0.2) is 30.5 Å². The second-order valence-corrected chi connectivity index (χ2v) is 6.20. The number of nitrogens with two attached hydrogens (primary N) is 1. The van der Waals surface area contributed by atoms with Crippen LogP contribution in [0.3, 0.4) is 0 Å². The molecule has 3 aromatic rings. The number of nitriles is 1. The van der Waals surface area contributed by atoms with Gasteiger partial charge in [0, 0.05) is 26.3 Å². The number of hydrogen-bond acceptors (Lipinski definition) is 7. The van der Waals surface area contributed by atoms with Crippen LogP contribution < -0.4 is 16.0 Å². The molecule has 1 aliphatic rings. The summed E-state index contributed by atoms with van der Waals surface area (Å²) in [4.78, 5) is 18.8. The smallest absolute Gasteiger partial charge is 0.253 e. The lowest BCUT2D eigenvalue weighted by Gasteiger charge is -2.40. The fourth-order valence-electron chi connectivity index (χ4n) is 3.03. The van der Waals surface area contributed by atoms with Crippen molar-refractivity contribution < 1.29 is 4.79 Å². The quantitative estimate of drug-likeness (QED) is 0.658. The summed E-state index contributed by atoms with van der Waals surface area (Å²) in [6, 6.07) is 8.99. The zero-order valence-electron chi connectivity index (χ0n) is 14.0. The number of pyridine rings is 1. The molecule has 1 fully saturated rings. The van der Waals surface area contributed by atoms with E-state index in [-0.39, 0.29) is 11.9 Å². The molecule has 26 heavy (non-hydrogen) atoms. The Labute approximate surface area is 149 Å². The first kappa shape index (κ1) is 15.8. The summed E-state index contributed by atoms with van der Waals surface area (Å²) in [7, 11) is 1.74. The van der Waals surface area contributed by atoms with Gasteiger partial charge in [0.2, 0.25) is 0 Å². The summed E-state index contributed by atoms with van der Waals surface area (Å²) in [6.45, 7) is 1.31. The third-order valence-corrected chi connectivity index (χ3v) is 4.47. The van der Waals surface area contributed by atoms with Gasteiger partial charge in [0.05, 0.1) is 22.9 Å². The number of anilines is 2. The predicted molar refractivity (Wildman–Crippen MR) is 95.3 cm³/mol. The summed E-state index contributed by atoms with van der Waals surface area (Å²) < 4.78 is 1.56. The van der Waals surface area contributed by atoms with Crippen LogP contribution in [0.1, 0.15) is 15.9 Å². The van der Waals surface area contributed by atoms with E-state index in [0.29, 0.717) is 40.9 Å². The first-order chi connectivity index (χ1) is 12.6. The Morgan fingerprint density at radius 3 is 2.85 bits per heavy atom. The van der Waals surface area contributed by atoms with Crippen LogP contribution >= 0.6 is 0 Å². The number of carbonyl (C=O) groups excluding carboxylic acids is 1. The molecule has 0 aliphatic carbocycles. The van der Waals surface area contributed by atoms with Crippen LogP contribution in [0.4, 0.5) is 11.5 Å². The van der Waals surface area contributed by atoms with E-state index in [1.54, 1.807) is 42.2 Å². The van der Waals surface area contributed by atoms with E-state index in [0.717, 1.165) is 5.82 Å². The van der Waals surface area contributed by atoms with Crippen LogP contribution in [0.5, 0.6) is 0 Å². The molecule has 0 bridgehead atoms. The molecule has 0 spiro atoms. The number of nitrogens with one attached hydrogen (secondary N) is 1. The molecule has 4 rings (SSSR count). The highest BCUT2D eigenvalue weighted by molar-refractivity contribution is 6.05. The molecule has 0 atom stereocenters. The fraction of sp³-hybridized carbons (Fsp3) is 0.235. The molecule has 1 saturated heterocycles. The Hall–Kier alpha value is -3.67. The molecule has 0 unspecified atom stereocenters. The van der Waals surface area contributed by atoms with Gasteiger partial charge in [-0.1, -0.05) is 5.21 Å². The zero-order valence-corrected chi connectivity index (χ0v) is 14.0. The molecule has 1 amide bonds. The minimum absolute atomic E-state index is 0.0136. The van der Waals surface area contributed by atoms with Crippen LogP contribution in [-0.2, 0) is 7.05 Å². The average molecular weight is 348 g/mol. The van der Waals surface area contributed by atoms with Gasteiger partial charge in [0.1, 0.15) is 22.9 Å². The number of rotatable bonds is 3. The van der Waals surface area contributed by atoms with E-state index < -0.39 is 0 Å². The Bertz CT molecular complexity index is 1030. The van der Waals surface area contributed by atoms with Crippen LogP contribution in [0.2, 0.25) is 0 Å². The highest BCUT2D eigenvalue weighted by atomic mass is 16.1. The Morgan fingerprint density at radius 2 is 2.15 bits per heavy atom. The van der Waals surface area contributed by atoms with E-state index in [2.05, 4.69) is 20.6 Å². The van der Waals surface area contributed by atoms with Crippen molar-refractivity contribution in [2.45, 2.75) is 6.04 Å². The highest BCUT2D eigenvalue weighted by Crippen LogP contribution is 2.24. The SMILES string of the molecule is Cn1nnc2ccc(C(=O)NC3CN(c4ccc(C#N)cn4)C3)c(N)c21. The van der Waals surface area contributed by atoms with Crippen molar-refractivity contribution in [3.8, 4) is 6.07 Å². The second kappa shape index (κ2) is 6.00. The van der Waals surface area contributed by atoms with Gasteiger partial charge in [-0.05, 0) is 24.3 Å². The minimum atomic E-state index is -0.219. The molecule has 1 aromatic carbocycles. The molecule has 1 aliphatic heterocycles. The van der Waals surface area contributed by atoms with Crippen molar-refractivity contribution in [3.63, 3.8) is 0 Å². The highest BCUT2D eigenvalue weighted by Gasteiger charge is 2.30. The zero-order chi connectivity index (χ0) is 18.3. The topological polar surface area (TPSA) is 126 Å². The van der Waals surface area contributed by atoms with Crippen molar-refractivity contribution in [2.75, 3.05) is 23.7 Å². The van der Waals surface area contributed by atoms with Gasteiger partial charge in [-0.3, -0.25) is 4.79 Å². The number of aromatic nitrogens is 4. The summed E-state index contributed by atoms with van der Waals surface area (Å²) >= 11 is 0. The van der Waals surface area contributed by atoms with Crippen molar-refractivity contribution in [3.05, 3.63) is 41.6 Å². The number of hydrogen-bond donors (Lipinski definition) is 2. The Balaban J connectivity index is 1.43. The third-order valence-electron chi connectivity index (χ3n) is 4.47. The normalized spacial score (nSPS) is 14.1. The van der Waals surface area contributed by atoms with Gasteiger partial charge in [-0.25, -0.2) is 9.67 Å². The molecule has 0 radical (unpaired) electrons. The largest absolute Gasteiger partial charge is 0.396 e. The molecular weight excluding hydrogens is 332 g/mol. The molecule has 9 heteroatoms. The van der Waals surface area contributed by atoms with Gasteiger partial charge in [0.25, 0.3) is 5.91 Å². The summed E-state index contributed by atoms with van der Waals surface area (Å²) in [6.07, 6.45) is 1.54. The van der Waals surface area contributed by atoms with Gasteiger partial charge in [-0.2, -0.15) is 5.26 Å². The van der Waals surface area contributed by atoms with Gasteiger partial charge in [-0.15, -0.1) is 5.10 Å². The van der Waals surface area contributed by atoms with Gasteiger partial charge in [0.15, 0.2) is 0 Å². The standard InChI is InChI=1S/C17H16N8O/c1-24-16-13(22-23-24)4-3-12(15(16)19)17(26)21-11-8-25(9-11)14-5-2-10(6-18)7-20-14/h2-5,7,11H,8-9,19H2,1H3,(H,21,26). The van der Waals surface area contributed by atoms with E-state index in [4.69, 9.17) is 11.0 Å². The maximum Gasteiger partial charge on any atom is 0.253 e. The van der Waals surface area contributed by atoms with E-state index in [9.17, 15) is 4.79 Å². The first-order valence-corrected chi connectivity index (χ1v) is 8.06. The van der Waals surface area contributed by atoms with E-state index in [1.807, 2.05) is 11.0 Å². The Morgan fingerprint density at radius 1 is 1.35 bits per heavy atom. The number of benzene rings is 1. The lowest BCUT2D eigenvalue weighted by atomic mass is 10.1. The fourth-order valence-corrected chi connectivity index (χ4v) is 3.03. The summed E-state index contributed by atoms with van der Waals surface area (Å²) in [5, 5.41) is 19.7. The molecule has 2 aromatic heterocycles. The number of amides is 1. The van der Waals surface area contributed by atoms with Crippen molar-refractivity contribution in [2.24, 2.45) is 7.05 Å². The number of nitrogens with zero attached hydrogens (tertiary/aromatic N) is 6. The third kappa shape index (κ3) is 2.57. The van der Waals surface area contributed by atoms with Gasteiger partial charge < -0.3 is 16.0 Å². The molecule has 9 nitrogen and oxygen atoms in total. The van der Waals surface area contributed by atoms with E-state index >= 15 is 0 Å². The lowest BCUT2D eigenvalue weighted by molar-refractivity contribution is 0.0931. The monoisotopic (exact) mass is 348 g/mol. The lowest BCUT2D eigenvalue weighted by Crippen LogP contribution is -2.59. The van der Waals surface area contributed by atoms with E-state index in [1.165, 1.54) is 0 Å². The molecule has 3 heterocycles. The molecular formula is C17H16N8O. The molecule has 130 valence electrons. The van der Waals surface area contributed by atoms with Crippen molar-refractivity contribution >= 4 is 28.4 Å². The van der Waals surface area contributed by atoms with Crippen LogP contribution in [0, 0.1) is 11.3 Å². The Kier molecular flexibility index (Phi) is 3.65. The summed E-state index contributed by atoms with van der Waals surface area (Å²) in [5.74, 6) is 0.569. The second-order valence-electron chi connectivity index (χ2n) is 6.20. The van der Waals surface area contributed by atoms with Crippen LogP contribution in [0.25, 0.3) is 11.0 Å². The number of aryl methyl sites for hydroxylation is 1. The number of fused-ring (bicyclic) bond motifs is 1. The first-order valence-electron chi connectivity index (χ1n) is 8.06. The van der Waals surface area contributed by atoms with Crippen molar-refractivity contribution in [1.29, 1.82) is 5.26 Å². The number of nitrogen functional groups attached to an aromatic ring is 1. The predicted octanol–water partition coefficient (Wildman–Crippen LogP) is 0.436. The minimum Gasteiger partial charge on any atom is -0.396 e. The van der Waals surface area contributed by atoms with Gasteiger partial charge >= 0.3 is 0 Å². The maximum atomic E-state index is 12.6. The molecule has 0 saturated carbocycles. The van der Waals surface area contributed by atoms with Crippen molar-refractivity contribution in [1.82, 2.24) is 25.3 Å². The summed E-state index contributed by atoms with van der Waals surface area (Å²) in [5.41, 5.74) is 8.75. The number of carbonyl (C=O) groups is 1. The average Bonchev–Trinajstić information content (AvgIpc) is 3.00.